The maximum Gasteiger partial charge on any atom is 0.188 e. The molecule has 0 spiro atoms. The van der Waals surface area contributed by atoms with Gasteiger partial charge in [0.25, 0.3) is 0 Å². The number of rotatable bonds is 9. The third-order valence-electron chi connectivity index (χ3n) is 3.07. The van der Waals surface area contributed by atoms with Crippen LogP contribution in [0.3, 0.4) is 0 Å². The maximum absolute atomic E-state index is 12.0. The summed E-state index contributed by atoms with van der Waals surface area (Å²) in [6.45, 7) is 3.11. The van der Waals surface area contributed by atoms with E-state index in [9.17, 15) is 8.42 Å². The van der Waals surface area contributed by atoms with Crippen LogP contribution in [0.15, 0.2) is 40.2 Å². The van der Waals surface area contributed by atoms with Gasteiger partial charge in [-0.15, -0.1) is 24.0 Å². The number of benzene rings is 1. The van der Waals surface area contributed by atoms with E-state index >= 15 is 0 Å². The van der Waals surface area contributed by atoms with E-state index in [4.69, 9.17) is 5.73 Å². The fraction of sp³-hybridized carbons (Fsp3) is 0.533. The van der Waals surface area contributed by atoms with Gasteiger partial charge < -0.3 is 11.1 Å². The Morgan fingerprint density at radius 3 is 2.50 bits per heavy atom. The van der Waals surface area contributed by atoms with Gasteiger partial charge in [-0.1, -0.05) is 44.4 Å². The number of hydrogen-bond acceptors (Lipinski definition) is 3. The molecule has 0 aliphatic carbocycles. The van der Waals surface area contributed by atoms with Gasteiger partial charge in [-0.3, -0.25) is 4.99 Å². The monoisotopic (exact) mass is 439 g/mol. The van der Waals surface area contributed by atoms with Crippen LogP contribution in [-0.2, 0) is 9.84 Å². The van der Waals surface area contributed by atoms with Crippen molar-refractivity contribution in [2.45, 2.75) is 37.5 Å². The number of nitrogens with zero attached hydrogens (tertiary/aromatic N) is 1. The van der Waals surface area contributed by atoms with E-state index in [-0.39, 0.29) is 36.3 Å². The molecule has 0 saturated heterocycles. The lowest BCUT2D eigenvalue weighted by atomic mass is 10.2. The number of halogens is 1. The van der Waals surface area contributed by atoms with Gasteiger partial charge in [0.2, 0.25) is 0 Å². The molecule has 0 saturated carbocycles. The lowest BCUT2D eigenvalue weighted by molar-refractivity contribution is 0.594. The van der Waals surface area contributed by atoms with Crippen molar-refractivity contribution in [1.82, 2.24) is 5.32 Å². The van der Waals surface area contributed by atoms with Gasteiger partial charge in [0.1, 0.15) is 0 Å². The van der Waals surface area contributed by atoms with E-state index in [0.717, 1.165) is 12.8 Å². The number of guanidine groups is 1. The van der Waals surface area contributed by atoms with Gasteiger partial charge in [0.05, 0.1) is 10.6 Å². The summed E-state index contributed by atoms with van der Waals surface area (Å²) in [5.74, 6) is 0.318. The third-order valence-corrected chi connectivity index (χ3v) is 4.81. The summed E-state index contributed by atoms with van der Waals surface area (Å²) < 4.78 is 24.1. The SMILES string of the molecule is CCCCCCN=C(N)NCCS(=O)(=O)c1ccccc1.I. The van der Waals surface area contributed by atoms with Crippen LogP contribution in [0.2, 0.25) is 0 Å². The van der Waals surface area contributed by atoms with Crippen LogP contribution in [0.25, 0.3) is 0 Å². The number of aliphatic imine (C=N–C) groups is 1. The highest BCUT2D eigenvalue weighted by Gasteiger charge is 2.12. The molecule has 22 heavy (non-hydrogen) atoms. The topological polar surface area (TPSA) is 84.5 Å². The Morgan fingerprint density at radius 1 is 1.18 bits per heavy atom. The normalized spacial score (nSPS) is 11.8. The Bertz CT molecular complexity index is 533. The van der Waals surface area contributed by atoms with Gasteiger partial charge in [0, 0.05) is 13.1 Å². The predicted molar refractivity (Wildman–Crippen MR) is 103 cm³/mol. The lowest BCUT2D eigenvalue weighted by Crippen LogP contribution is -2.35. The number of hydrogen-bond donors (Lipinski definition) is 2. The molecule has 0 unspecified atom stereocenters. The minimum Gasteiger partial charge on any atom is -0.370 e. The quantitative estimate of drug-likeness (QED) is 0.268. The smallest absolute Gasteiger partial charge is 0.188 e. The Hall–Kier alpha value is -0.830. The van der Waals surface area contributed by atoms with E-state index in [2.05, 4.69) is 17.2 Å². The first-order chi connectivity index (χ1) is 10.1. The Labute approximate surface area is 150 Å². The van der Waals surface area contributed by atoms with Crippen LogP contribution in [0.4, 0.5) is 0 Å². The summed E-state index contributed by atoms with van der Waals surface area (Å²) in [6, 6.07) is 8.42. The molecule has 7 heteroatoms. The maximum atomic E-state index is 12.0. The third kappa shape index (κ3) is 8.57. The zero-order valence-corrected chi connectivity index (χ0v) is 16.1. The summed E-state index contributed by atoms with van der Waals surface area (Å²) in [5.41, 5.74) is 5.70. The first kappa shape index (κ1) is 21.2. The van der Waals surface area contributed by atoms with Crippen LogP contribution in [0, 0.1) is 0 Å². The summed E-state index contributed by atoms with van der Waals surface area (Å²) >= 11 is 0. The van der Waals surface area contributed by atoms with Crippen molar-refractivity contribution in [1.29, 1.82) is 0 Å². The van der Waals surface area contributed by atoms with Crippen LogP contribution in [0.5, 0.6) is 0 Å². The Kier molecular flexibility index (Phi) is 11.3. The van der Waals surface area contributed by atoms with Crippen molar-refractivity contribution in [2.75, 3.05) is 18.8 Å². The molecule has 1 rings (SSSR count). The summed E-state index contributed by atoms with van der Waals surface area (Å²) in [7, 11) is -3.26. The Morgan fingerprint density at radius 2 is 1.86 bits per heavy atom. The average Bonchev–Trinajstić information content (AvgIpc) is 2.48. The number of nitrogens with one attached hydrogen (secondary N) is 1. The standard InChI is InChI=1S/C15H25N3O2S.HI/c1-2-3-4-8-11-17-15(16)18-12-13-21(19,20)14-9-6-5-7-10-14;/h5-7,9-10H,2-4,8,11-13H2,1H3,(H3,16,17,18);1H. The van der Waals surface area contributed by atoms with Gasteiger partial charge in [-0.2, -0.15) is 0 Å². The van der Waals surface area contributed by atoms with Gasteiger partial charge in [0.15, 0.2) is 15.8 Å². The first-order valence-electron chi connectivity index (χ1n) is 7.38. The predicted octanol–water partition coefficient (Wildman–Crippen LogP) is 2.56. The van der Waals surface area contributed by atoms with Crippen LogP contribution in [0.1, 0.15) is 32.6 Å². The van der Waals surface area contributed by atoms with Crippen molar-refractivity contribution in [2.24, 2.45) is 10.7 Å². The average molecular weight is 439 g/mol. The second-order valence-electron chi connectivity index (χ2n) is 4.89. The van der Waals surface area contributed by atoms with Gasteiger partial charge in [-0.25, -0.2) is 8.42 Å². The molecule has 126 valence electrons. The van der Waals surface area contributed by atoms with E-state index < -0.39 is 9.84 Å². The molecule has 0 bridgehead atoms. The van der Waals surface area contributed by atoms with E-state index in [1.165, 1.54) is 12.8 Å². The Balaban J connectivity index is 0.00000441. The molecule has 0 amide bonds. The van der Waals surface area contributed by atoms with Crippen LogP contribution >= 0.6 is 24.0 Å². The molecule has 0 aliphatic heterocycles. The minimum atomic E-state index is -3.26. The van der Waals surface area contributed by atoms with Crippen molar-refractivity contribution in [3.8, 4) is 0 Å². The molecule has 1 aromatic rings. The highest BCUT2D eigenvalue weighted by Crippen LogP contribution is 2.09. The van der Waals surface area contributed by atoms with Crippen molar-refractivity contribution >= 4 is 39.8 Å². The molecule has 0 aromatic heterocycles. The van der Waals surface area contributed by atoms with Gasteiger partial charge in [-0.05, 0) is 18.6 Å². The zero-order chi connectivity index (χ0) is 15.6. The van der Waals surface area contributed by atoms with E-state index in [1.807, 2.05) is 0 Å². The van der Waals surface area contributed by atoms with Crippen molar-refractivity contribution in [3.05, 3.63) is 30.3 Å². The second-order valence-corrected chi connectivity index (χ2v) is 7.00. The van der Waals surface area contributed by atoms with E-state index in [0.29, 0.717) is 17.4 Å². The lowest BCUT2D eigenvalue weighted by Gasteiger charge is -2.07. The molecule has 5 nitrogen and oxygen atoms in total. The number of nitrogens with two attached hydrogens (primary N) is 1. The van der Waals surface area contributed by atoms with Crippen LogP contribution in [-0.4, -0.2) is 33.2 Å². The summed E-state index contributed by atoms with van der Waals surface area (Å²) in [5, 5.41) is 2.85. The van der Waals surface area contributed by atoms with Gasteiger partial charge >= 0.3 is 0 Å². The largest absolute Gasteiger partial charge is 0.370 e. The molecule has 0 aliphatic rings. The number of sulfone groups is 1. The molecule has 0 heterocycles. The van der Waals surface area contributed by atoms with Crippen molar-refractivity contribution < 1.29 is 8.42 Å². The highest BCUT2D eigenvalue weighted by atomic mass is 127. The minimum absolute atomic E-state index is 0. The number of unbranched alkanes of at least 4 members (excludes halogenated alkanes) is 3. The highest BCUT2D eigenvalue weighted by molar-refractivity contribution is 14.0. The molecular weight excluding hydrogens is 413 g/mol. The van der Waals surface area contributed by atoms with E-state index in [1.54, 1.807) is 30.3 Å². The second kappa shape index (κ2) is 11.7. The molecule has 3 N–H and O–H groups in total. The zero-order valence-electron chi connectivity index (χ0n) is 13.0. The first-order valence-corrected chi connectivity index (χ1v) is 9.03. The molecule has 0 fully saturated rings. The molecular formula is C15H26IN3O2S. The fourth-order valence-corrected chi connectivity index (χ4v) is 3.03. The van der Waals surface area contributed by atoms with Crippen LogP contribution < -0.4 is 11.1 Å². The summed E-state index contributed by atoms with van der Waals surface area (Å²) in [6.07, 6.45) is 4.56. The fourth-order valence-electron chi connectivity index (χ4n) is 1.85. The summed E-state index contributed by atoms with van der Waals surface area (Å²) in [4.78, 5) is 4.51. The molecule has 0 atom stereocenters. The molecule has 1 aromatic carbocycles. The van der Waals surface area contributed by atoms with Crippen molar-refractivity contribution in [3.63, 3.8) is 0 Å². The molecule has 0 radical (unpaired) electrons.